The molecule has 0 saturated carbocycles. The molecule has 1 atom stereocenters. The maximum atomic E-state index is 13.6. The largest absolute Gasteiger partial charge is 0.416 e. The third-order valence-corrected chi connectivity index (χ3v) is 5.61. The summed E-state index contributed by atoms with van der Waals surface area (Å²) in [4.78, 5) is 0. The second-order valence-corrected chi connectivity index (χ2v) is 8.30. The van der Waals surface area contributed by atoms with Crippen LogP contribution in [0.2, 0.25) is 0 Å². The standard InChI is InChI=1S/C26H24F6/c1-16(2)21-11-7-10-19(24(21)18-8-5-4-6-9-18)14-17(3)22-15-20(25(27,28)29)12-13-23(22)26(30,31)32/h4-13,15-17H,14H2,1-3H3. The molecule has 0 N–H and O–H groups in total. The number of hydrogen-bond acceptors (Lipinski definition) is 0. The molecule has 170 valence electrons. The Bertz CT molecular complexity index is 1060. The van der Waals surface area contributed by atoms with Gasteiger partial charge in [0, 0.05) is 0 Å². The number of hydrogen-bond donors (Lipinski definition) is 0. The molecule has 0 aliphatic heterocycles. The van der Waals surface area contributed by atoms with E-state index in [9.17, 15) is 26.3 Å². The number of halogens is 6. The van der Waals surface area contributed by atoms with Crippen molar-refractivity contribution < 1.29 is 26.3 Å². The summed E-state index contributed by atoms with van der Waals surface area (Å²) in [6.07, 6.45) is -9.28. The van der Waals surface area contributed by atoms with Crippen LogP contribution in [0.3, 0.4) is 0 Å². The van der Waals surface area contributed by atoms with Gasteiger partial charge in [-0.1, -0.05) is 69.3 Å². The number of benzene rings is 3. The van der Waals surface area contributed by atoms with Crippen molar-refractivity contribution in [3.8, 4) is 11.1 Å². The van der Waals surface area contributed by atoms with Gasteiger partial charge < -0.3 is 0 Å². The first-order chi connectivity index (χ1) is 14.9. The minimum absolute atomic E-state index is 0.166. The Morgan fingerprint density at radius 3 is 1.91 bits per heavy atom. The SMILES string of the molecule is CC(C)c1cccc(CC(C)c2cc(C(F)(F)F)ccc2C(F)(F)F)c1-c1ccccc1. The van der Waals surface area contributed by atoms with Gasteiger partial charge in [-0.15, -0.1) is 0 Å². The van der Waals surface area contributed by atoms with Crippen LogP contribution in [0.1, 0.15) is 60.4 Å². The number of alkyl halides is 6. The molecule has 6 heteroatoms. The highest BCUT2D eigenvalue weighted by atomic mass is 19.4. The summed E-state index contributed by atoms with van der Waals surface area (Å²) in [6, 6.07) is 16.8. The van der Waals surface area contributed by atoms with Gasteiger partial charge in [0.05, 0.1) is 11.1 Å². The fraction of sp³-hybridized carbons (Fsp3) is 0.308. The lowest BCUT2D eigenvalue weighted by molar-refractivity contribution is -0.142. The Balaban J connectivity index is 2.12. The molecule has 3 aromatic rings. The van der Waals surface area contributed by atoms with Crippen LogP contribution in [0.15, 0.2) is 66.7 Å². The highest BCUT2D eigenvalue weighted by Crippen LogP contribution is 2.41. The van der Waals surface area contributed by atoms with E-state index in [1.807, 2.05) is 62.4 Å². The lowest BCUT2D eigenvalue weighted by atomic mass is 9.83. The van der Waals surface area contributed by atoms with E-state index in [0.29, 0.717) is 18.2 Å². The van der Waals surface area contributed by atoms with E-state index in [1.165, 1.54) is 0 Å². The molecule has 0 radical (unpaired) electrons. The van der Waals surface area contributed by atoms with Crippen molar-refractivity contribution in [3.05, 3.63) is 94.5 Å². The first kappa shape index (κ1) is 23.9. The van der Waals surface area contributed by atoms with Gasteiger partial charge in [0.15, 0.2) is 0 Å². The molecule has 0 bridgehead atoms. The van der Waals surface area contributed by atoms with E-state index in [1.54, 1.807) is 6.92 Å². The van der Waals surface area contributed by atoms with Gasteiger partial charge in [-0.3, -0.25) is 0 Å². The Labute approximate surface area is 183 Å². The molecule has 1 unspecified atom stereocenters. The minimum Gasteiger partial charge on any atom is -0.166 e. The van der Waals surface area contributed by atoms with Gasteiger partial charge in [-0.05, 0) is 64.3 Å². The van der Waals surface area contributed by atoms with Crippen molar-refractivity contribution in [2.45, 2.75) is 51.4 Å². The normalized spacial score (nSPS) is 13.4. The molecule has 3 aromatic carbocycles. The van der Waals surface area contributed by atoms with Crippen LogP contribution in [0.4, 0.5) is 26.3 Å². The Kier molecular flexibility index (Phi) is 6.72. The molecule has 0 aliphatic rings. The first-order valence-corrected chi connectivity index (χ1v) is 10.3. The van der Waals surface area contributed by atoms with Gasteiger partial charge in [0.1, 0.15) is 0 Å². The average molecular weight is 450 g/mol. The molecule has 0 nitrogen and oxygen atoms in total. The van der Waals surface area contributed by atoms with E-state index in [2.05, 4.69) is 0 Å². The van der Waals surface area contributed by atoms with Crippen LogP contribution in [-0.4, -0.2) is 0 Å². The molecule has 0 heterocycles. The van der Waals surface area contributed by atoms with E-state index < -0.39 is 29.4 Å². The molecular formula is C26H24F6. The van der Waals surface area contributed by atoms with Crippen LogP contribution in [0.25, 0.3) is 11.1 Å². The molecule has 3 rings (SSSR count). The highest BCUT2D eigenvalue weighted by molar-refractivity contribution is 5.72. The van der Waals surface area contributed by atoms with Crippen molar-refractivity contribution >= 4 is 0 Å². The van der Waals surface area contributed by atoms with Crippen LogP contribution < -0.4 is 0 Å². The van der Waals surface area contributed by atoms with Crippen LogP contribution in [0.5, 0.6) is 0 Å². The Morgan fingerprint density at radius 1 is 0.688 bits per heavy atom. The van der Waals surface area contributed by atoms with Crippen molar-refractivity contribution in [2.24, 2.45) is 0 Å². The minimum atomic E-state index is -4.74. The molecule has 0 saturated heterocycles. The third-order valence-electron chi connectivity index (χ3n) is 5.61. The molecular weight excluding hydrogens is 426 g/mol. The summed E-state index contributed by atoms with van der Waals surface area (Å²) in [5.74, 6) is -0.612. The molecule has 0 amide bonds. The van der Waals surface area contributed by atoms with E-state index >= 15 is 0 Å². The molecule has 0 aromatic heterocycles. The predicted molar refractivity (Wildman–Crippen MR) is 115 cm³/mol. The lowest BCUT2D eigenvalue weighted by Crippen LogP contribution is -2.15. The van der Waals surface area contributed by atoms with Crippen LogP contribution in [-0.2, 0) is 18.8 Å². The van der Waals surface area contributed by atoms with E-state index in [-0.39, 0.29) is 17.9 Å². The highest BCUT2D eigenvalue weighted by Gasteiger charge is 2.38. The Hall–Kier alpha value is -2.76. The topological polar surface area (TPSA) is 0 Å². The summed E-state index contributed by atoms with van der Waals surface area (Å²) < 4.78 is 80.5. The maximum absolute atomic E-state index is 13.6. The average Bonchev–Trinajstić information content (AvgIpc) is 2.72. The fourth-order valence-corrected chi connectivity index (χ4v) is 4.07. The van der Waals surface area contributed by atoms with Crippen molar-refractivity contribution in [3.63, 3.8) is 0 Å². The molecule has 32 heavy (non-hydrogen) atoms. The maximum Gasteiger partial charge on any atom is 0.416 e. The monoisotopic (exact) mass is 450 g/mol. The van der Waals surface area contributed by atoms with Crippen molar-refractivity contribution in [1.29, 1.82) is 0 Å². The third kappa shape index (κ3) is 5.17. The van der Waals surface area contributed by atoms with E-state index in [0.717, 1.165) is 22.3 Å². The molecule has 0 aliphatic carbocycles. The van der Waals surface area contributed by atoms with Gasteiger partial charge in [0.25, 0.3) is 0 Å². The quantitative estimate of drug-likeness (QED) is 0.341. The fourth-order valence-electron chi connectivity index (χ4n) is 4.07. The summed E-state index contributed by atoms with van der Waals surface area (Å²) in [6.45, 7) is 5.61. The summed E-state index contributed by atoms with van der Waals surface area (Å²) in [5.41, 5.74) is 1.25. The van der Waals surface area contributed by atoms with Gasteiger partial charge in [-0.2, -0.15) is 26.3 Å². The molecule has 0 fully saturated rings. The van der Waals surface area contributed by atoms with Gasteiger partial charge >= 0.3 is 12.4 Å². The van der Waals surface area contributed by atoms with Crippen LogP contribution in [0, 0.1) is 0 Å². The summed E-state index contributed by atoms with van der Waals surface area (Å²) in [7, 11) is 0. The second-order valence-electron chi connectivity index (χ2n) is 8.30. The molecule has 0 spiro atoms. The smallest absolute Gasteiger partial charge is 0.166 e. The van der Waals surface area contributed by atoms with Crippen molar-refractivity contribution in [2.75, 3.05) is 0 Å². The first-order valence-electron chi connectivity index (χ1n) is 10.3. The summed E-state index contributed by atoms with van der Waals surface area (Å²) >= 11 is 0. The second kappa shape index (κ2) is 9.00. The zero-order valence-corrected chi connectivity index (χ0v) is 18.0. The van der Waals surface area contributed by atoms with Crippen molar-refractivity contribution in [1.82, 2.24) is 0 Å². The van der Waals surface area contributed by atoms with E-state index in [4.69, 9.17) is 0 Å². The number of rotatable bonds is 5. The predicted octanol–water partition coefficient (Wildman–Crippen LogP) is 8.86. The lowest BCUT2D eigenvalue weighted by Gasteiger charge is -2.23. The zero-order chi connectivity index (χ0) is 23.7. The zero-order valence-electron chi connectivity index (χ0n) is 18.0. The Morgan fingerprint density at radius 2 is 1.34 bits per heavy atom. The summed E-state index contributed by atoms with van der Waals surface area (Å²) in [5, 5.41) is 0. The van der Waals surface area contributed by atoms with Crippen LogP contribution >= 0.6 is 0 Å². The van der Waals surface area contributed by atoms with Gasteiger partial charge in [-0.25, -0.2) is 0 Å². The van der Waals surface area contributed by atoms with Gasteiger partial charge in [0.2, 0.25) is 0 Å².